The third kappa shape index (κ3) is 4.64. The van der Waals surface area contributed by atoms with Gasteiger partial charge in [0.1, 0.15) is 6.61 Å². The first-order valence-corrected chi connectivity index (χ1v) is 9.25. The van der Waals surface area contributed by atoms with Crippen molar-refractivity contribution in [3.05, 3.63) is 82.0 Å². The molecule has 0 spiro atoms. The zero-order valence-corrected chi connectivity index (χ0v) is 15.4. The fourth-order valence-electron chi connectivity index (χ4n) is 2.75. The predicted octanol–water partition coefficient (Wildman–Crippen LogP) is 4.37. The molecule has 26 heavy (non-hydrogen) atoms. The van der Waals surface area contributed by atoms with Gasteiger partial charge in [0.2, 0.25) is 6.41 Å². The Labute approximate surface area is 157 Å². The summed E-state index contributed by atoms with van der Waals surface area (Å²) in [7, 11) is 1.63. The lowest BCUT2D eigenvalue weighted by Crippen LogP contribution is -2.20. The highest BCUT2D eigenvalue weighted by Crippen LogP contribution is 2.31. The van der Waals surface area contributed by atoms with Crippen molar-refractivity contribution >= 4 is 17.7 Å². The van der Waals surface area contributed by atoms with Crippen molar-refractivity contribution in [1.29, 1.82) is 0 Å². The van der Waals surface area contributed by atoms with E-state index < -0.39 is 0 Å². The largest absolute Gasteiger partial charge is 0.493 e. The van der Waals surface area contributed by atoms with Gasteiger partial charge in [-0.2, -0.15) is 0 Å². The highest BCUT2D eigenvalue weighted by atomic mass is 32.1. The first-order valence-electron chi connectivity index (χ1n) is 8.37. The fraction of sp³-hybridized carbons (Fsp3) is 0.190. The van der Waals surface area contributed by atoms with Crippen LogP contribution in [0.2, 0.25) is 0 Å². The number of ether oxygens (including phenoxy) is 2. The lowest BCUT2D eigenvalue weighted by atomic mass is 10.0. The Morgan fingerprint density at radius 3 is 2.58 bits per heavy atom. The van der Waals surface area contributed by atoms with E-state index in [2.05, 4.69) is 5.32 Å². The van der Waals surface area contributed by atoms with Crippen LogP contribution in [0.3, 0.4) is 0 Å². The van der Waals surface area contributed by atoms with Crippen molar-refractivity contribution in [2.24, 2.45) is 0 Å². The second-order valence-corrected chi connectivity index (χ2v) is 6.80. The van der Waals surface area contributed by atoms with Crippen LogP contribution in [0.25, 0.3) is 0 Å². The molecule has 4 nitrogen and oxygen atoms in total. The zero-order chi connectivity index (χ0) is 18.2. The summed E-state index contributed by atoms with van der Waals surface area (Å²) < 4.78 is 11.4. The second kappa shape index (κ2) is 9.06. The molecule has 1 unspecified atom stereocenters. The van der Waals surface area contributed by atoms with Gasteiger partial charge < -0.3 is 14.8 Å². The van der Waals surface area contributed by atoms with Crippen LogP contribution in [-0.2, 0) is 17.8 Å². The molecule has 0 aliphatic rings. The van der Waals surface area contributed by atoms with E-state index >= 15 is 0 Å². The van der Waals surface area contributed by atoms with Gasteiger partial charge in [-0.25, -0.2) is 0 Å². The Hall–Kier alpha value is -2.79. The van der Waals surface area contributed by atoms with Crippen LogP contribution in [0, 0.1) is 0 Å². The summed E-state index contributed by atoms with van der Waals surface area (Å²) in [6.45, 7) is 0.474. The molecule has 1 amide bonds. The molecule has 1 heterocycles. The maximum absolute atomic E-state index is 11.0. The molecule has 1 N–H and O–H groups in total. The molecule has 5 heteroatoms. The Morgan fingerprint density at radius 1 is 1.04 bits per heavy atom. The quantitative estimate of drug-likeness (QED) is 0.572. The molecule has 1 atom stereocenters. The highest BCUT2D eigenvalue weighted by molar-refractivity contribution is 7.10. The van der Waals surface area contributed by atoms with Gasteiger partial charge in [0.15, 0.2) is 11.5 Å². The number of carbonyl (C=O) groups excluding carboxylic acids is 1. The molecule has 1 aromatic heterocycles. The molecular formula is C21H21NO3S. The van der Waals surface area contributed by atoms with Gasteiger partial charge >= 0.3 is 0 Å². The van der Waals surface area contributed by atoms with Crippen LogP contribution in [0.5, 0.6) is 11.5 Å². The van der Waals surface area contributed by atoms with Crippen molar-refractivity contribution < 1.29 is 14.3 Å². The molecule has 0 aliphatic carbocycles. The van der Waals surface area contributed by atoms with E-state index in [1.54, 1.807) is 18.4 Å². The van der Waals surface area contributed by atoms with Crippen LogP contribution < -0.4 is 14.8 Å². The number of hydrogen-bond donors (Lipinski definition) is 1. The SMILES string of the molecule is COc1ccc(CC(NC=O)c2cccs2)cc1OCc1ccccc1. The minimum atomic E-state index is -0.0529. The van der Waals surface area contributed by atoms with Crippen LogP contribution in [0.4, 0.5) is 0 Å². The van der Waals surface area contributed by atoms with E-state index in [0.717, 1.165) is 22.4 Å². The minimum Gasteiger partial charge on any atom is -0.493 e. The first kappa shape index (κ1) is 18.0. The topological polar surface area (TPSA) is 47.6 Å². The molecule has 0 saturated carbocycles. The molecule has 0 bridgehead atoms. The number of benzene rings is 2. The number of hydrogen-bond acceptors (Lipinski definition) is 4. The third-order valence-electron chi connectivity index (χ3n) is 4.06. The Morgan fingerprint density at radius 2 is 1.88 bits per heavy atom. The van der Waals surface area contributed by atoms with E-state index in [1.165, 1.54) is 0 Å². The second-order valence-electron chi connectivity index (χ2n) is 5.82. The van der Waals surface area contributed by atoms with Gasteiger partial charge in [0.25, 0.3) is 0 Å². The summed E-state index contributed by atoms with van der Waals surface area (Å²) in [5.41, 5.74) is 2.17. The Balaban J connectivity index is 1.76. The van der Waals surface area contributed by atoms with E-state index in [1.807, 2.05) is 66.0 Å². The van der Waals surface area contributed by atoms with Crippen molar-refractivity contribution in [2.75, 3.05) is 7.11 Å². The molecule has 134 valence electrons. The average molecular weight is 367 g/mol. The summed E-state index contributed by atoms with van der Waals surface area (Å²) >= 11 is 1.63. The molecule has 3 aromatic rings. The van der Waals surface area contributed by atoms with E-state index in [-0.39, 0.29) is 6.04 Å². The summed E-state index contributed by atoms with van der Waals surface area (Å²) in [6.07, 6.45) is 1.44. The maximum Gasteiger partial charge on any atom is 0.207 e. The van der Waals surface area contributed by atoms with Crippen molar-refractivity contribution in [2.45, 2.75) is 19.1 Å². The van der Waals surface area contributed by atoms with Gasteiger partial charge in [-0.05, 0) is 41.1 Å². The Bertz CT molecular complexity index is 819. The minimum absolute atomic E-state index is 0.0529. The number of rotatable bonds is 9. The van der Waals surface area contributed by atoms with E-state index in [9.17, 15) is 4.79 Å². The lowest BCUT2D eigenvalue weighted by Gasteiger charge is -2.17. The van der Waals surface area contributed by atoms with Crippen molar-refractivity contribution in [1.82, 2.24) is 5.32 Å². The number of nitrogens with one attached hydrogen (secondary N) is 1. The first-order chi connectivity index (χ1) is 12.8. The summed E-state index contributed by atoms with van der Waals surface area (Å²) in [6, 6.07) is 19.9. The number of amides is 1. The van der Waals surface area contributed by atoms with Gasteiger partial charge in [0, 0.05) is 4.88 Å². The van der Waals surface area contributed by atoms with Gasteiger partial charge in [-0.3, -0.25) is 4.79 Å². The number of methoxy groups -OCH3 is 1. The third-order valence-corrected chi connectivity index (χ3v) is 5.05. The molecule has 2 aromatic carbocycles. The van der Waals surface area contributed by atoms with Crippen molar-refractivity contribution in [3.8, 4) is 11.5 Å². The maximum atomic E-state index is 11.0. The predicted molar refractivity (Wildman–Crippen MR) is 104 cm³/mol. The lowest BCUT2D eigenvalue weighted by molar-refractivity contribution is -0.110. The summed E-state index contributed by atoms with van der Waals surface area (Å²) in [5, 5.41) is 4.91. The molecule has 0 radical (unpaired) electrons. The van der Waals surface area contributed by atoms with Crippen LogP contribution in [0.1, 0.15) is 22.0 Å². The van der Waals surface area contributed by atoms with Crippen LogP contribution >= 0.6 is 11.3 Å². The normalized spacial score (nSPS) is 11.6. The van der Waals surface area contributed by atoms with E-state index in [4.69, 9.17) is 9.47 Å². The molecule has 0 saturated heterocycles. The highest BCUT2D eigenvalue weighted by Gasteiger charge is 2.14. The zero-order valence-electron chi connectivity index (χ0n) is 14.6. The average Bonchev–Trinajstić information content (AvgIpc) is 3.22. The number of thiophene rings is 1. The van der Waals surface area contributed by atoms with E-state index in [0.29, 0.717) is 24.5 Å². The fourth-order valence-corrected chi connectivity index (χ4v) is 3.53. The molecule has 0 fully saturated rings. The smallest absolute Gasteiger partial charge is 0.207 e. The van der Waals surface area contributed by atoms with Crippen LogP contribution in [0.15, 0.2) is 66.0 Å². The summed E-state index contributed by atoms with van der Waals surface area (Å²) in [5.74, 6) is 1.39. The molecule has 0 aliphatic heterocycles. The number of carbonyl (C=O) groups is 1. The van der Waals surface area contributed by atoms with Crippen molar-refractivity contribution in [3.63, 3.8) is 0 Å². The Kier molecular flexibility index (Phi) is 6.28. The molecular weight excluding hydrogens is 346 g/mol. The van der Waals surface area contributed by atoms with Crippen LogP contribution in [-0.4, -0.2) is 13.5 Å². The van der Waals surface area contributed by atoms with Gasteiger partial charge in [-0.1, -0.05) is 42.5 Å². The monoisotopic (exact) mass is 367 g/mol. The summed E-state index contributed by atoms with van der Waals surface area (Å²) in [4.78, 5) is 12.1. The molecule has 3 rings (SSSR count). The standard InChI is InChI=1S/C21H21NO3S/c1-24-19-10-9-17(12-18(22-15-23)21-8-5-11-26-21)13-20(19)25-14-16-6-3-2-4-7-16/h2-11,13,15,18H,12,14H2,1H3,(H,22,23). The van der Waals surface area contributed by atoms with Gasteiger partial charge in [-0.15, -0.1) is 11.3 Å². The van der Waals surface area contributed by atoms with Gasteiger partial charge in [0.05, 0.1) is 13.2 Å².